The van der Waals surface area contributed by atoms with E-state index >= 15 is 0 Å². The largest absolute Gasteiger partial charge is 0.329 e. The van der Waals surface area contributed by atoms with Crippen molar-refractivity contribution in [2.45, 2.75) is 19.3 Å². The molecule has 4 heteroatoms. The summed E-state index contributed by atoms with van der Waals surface area (Å²) in [5, 5.41) is 2.89. The Kier molecular flexibility index (Phi) is 2.70. The number of rotatable bonds is 1. The molecule has 1 aromatic rings. The maximum Gasteiger partial charge on any atom is 0.224 e. The van der Waals surface area contributed by atoms with Crippen molar-refractivity contribution in [1.29, 1.82) is 0 Å². The number of hydrogen-bond donors (Lipinski definition) is 1. The Labute approximate surface area is 104 Å². The average molecular weight is 244 g/mol. The first-order valence-electron chi connectivity index (χ1n) is 6.04. The third-order valence-electron chi connectivity index (χ3n) is 3.41. The Morgan fingerprint density at radius 3 is 3.11 bits per heavy atom. The highest BCUT2D eigenvalue weighted by molar-refractivity contribution is 5.86. The molecular weight excluding hydrogens is 231 g/mol. The first kappa shape index (κ1) is 11.1. The molecule has 0 bridgehead atoms. The van der Waals surface area contributed by atoms with Crippen molar-refractivity contribution in [2.75, 3.05) is 0 Å². The van der Waals surface area contributed by atoms with Crippen LogP contribution in [0.4, 0.5) is 4.39 Å². The number of pyridine rings is 1. The molecule has 1 aliphatic carbocycles. The summed E-state index contributed by atoms with van der Waals surface area (Å²) in [4.78, 5) is 15.5. The molecule has 1 unspecified atom stereocenters. The van der Waals surface area contributed by atoms with E-state index in [4.69, 9.17) is 0 Å². The molecule has 1 N–H and O–H groups in total. The molecule has 2 heterocycles. The minimum Gasteiger partial charge on any atom is -0.329 e. The molecule has 0 radical (unpaired) electrons. The van der Waals surface area contributed by atoms with Crippen molar-refractivity contribution < 1.29 is 9.18 Å². The van der Waals surface area contributed by atoms with E-state index in [1.165, 1.54) is 6.08 Å². The highest BCUT2D eigenvalue weighted by atomic mass is 19.1. The molecule has 1 aliphatic heterocycles. The highest BCUT2D eigenvalue weighted by Gasteiger charge is 2.30. The predicted octanol–water partition coefficient (Wildman–Crippen LogP) is 2.58. The van der Waals surface area contributed by atoms with Crippen LogP contribution in [0.5, 0.6) is 0 Å². The van der Waals surface area contributed by atoms with Crippen molar-refractivity contribution >= 4 is 11.5 Å². The van der Waals surface area contributed by atoms with Gasteiger partial charge in [0.15, 0.2) is 0 Å². The van der Waals surface area contributed by atoms with Crippen LogP contribution in [0, 0.1) is 5.92 Å². The van der Waals surface area contributed by atoms with E-state index in [0.717, 1.165) is 16.8 Å². The summed E-state index contributed by atoms with van der Waals surface area (Å²) in [6, 6.07) is 3.69. The number of nitrogens with zero attached hydrogens (tertiary/aromatic N) is 1. The van der Waals surface area contributed by atoms with Crippen LogP contribution in [-0.4, -0.2) is 10.9 Å². The Bertz CT molecular complexity index is 548. The molecule has 1 amide bonds. The number of carbonyl (C=O) groups is 1. The first-order valence-corrected chi connectivity index (χ1v) is 6.04. The van der Waals surface area contributed by atoms with Crippen molar-refractivity contribution in [1.82, 2.24) is 10.3 Å². The third kappa shape index (κ3) is 1.94. The van der Waals surface area contributed by atoms with Crippen molar-refractivity contribution in [3.05, 3.63) is 47.7 Å². The lowest BCUT2D eigenvalue weighted by atomic mass is 9.83. The van der Waals surface area contributed by atoms with Gasteiger partial charge in [-0.1, -0.05) is 6.07 Å². The smallest absolute Gasteiger partial charge is 0.224 e. The van der Waals surface area contributed by atoms with Gasteiger partial charge < -0.3 is 5.32 Å². The summed E-state index contributed by atoms with van der Waals surface area (Å²) in [6.45, 7) is 0. The minimum absolute atomic E-state index is 0.0124. The van der Waals surface area contributed by atoms with Gasteiger partial charge in [-0.25, -0.2) is 4.39 Å². The lowest BCUT2D eigenvalue weighted by Crippen LogP contribution is -2.34. The van der Waals surface area contributed by atoms with Crippen LogP contribution in [-0.2, 0) is 4.79 Å². The van der Waals surface area contributed by atoms with E-state index in [0.29, 0.717) is 19.3 Å². The maximum atomic E-state index is 13.7. The molecule has 1 fully saturated rings. The molecule has 0 saturated carbocycles. The lowest BCUT2D eigenvalue weighted by molar-refractivity contribution is -0.121. The molecular formula is C14H13FN2O. The van der Waals surface area contributed by atoms with Crippen LogP contribution < -0.4 is 5.32 Å². The van der Waals surface area contributed by atoms with Gasteiger partial charge in [-0.05, 0) is 18.6 Å². The number of hydrogen-bond acceptors (Lipinski definition) is 2. The Balaban J connectivity index is 2.10. The normalized spacial score (nSPS) is 23.3. The summed E-state index contributed by atoms with van der Waals surface area (Å²) in [5.74, 6) is -0.0278. The molecule has 0 spiro atoms. The number of nitrogens with one attached hydrogen (secondary N) is 1. The number of piperidine rings is 1. The van der Waals surface area contributed by atoms with Crippen LogP contribution >= 0.6 is 0 Å². The third-order valence-corrected chi connectivity index (χ3v) is 3.41. The number of halogens is 1. The fourth-order valence-corrected chi connectivity index (χ4v) is 2.55. The number of aromatic nitrogens is 1. The van der Waals surface area contributed by atoms with Gasteiger partial charge in [0.2, 0.25) is 5.91 Å². The first-order chi connectivity index (χ1) is 8.74. The zero-order valence-electron chi connectivity index (χ0n) is 9.82. The minimum atomic E-state index is -0.126. The molecule has 1 aromatic heterocycles. The van der Waals surface area contributed by atoms with Gasteiger partial charge in [0.1, 0.15) is 5.83 Å². The maximum absolute atomic E-state index is 13.7. The molecule has 2 aliphatic rings. The lowest BCUT2D eigenvalue weighted by Gasteiger charge is -2.30. The van der Waals surface area contributed by atoms with Crippen LogP contribution in [0.2, 0.25) is 0 Å². The second-order valence-electron chi connectivity index (χ2n) is 4.65. The van der Waals surface area contributed by atoms with Gasteiger partial charge >= 0.3 is 0 Å². The van der Waals surface area contributed by atoms with E-state index in [1.54, 1.807) is 12.4 Å². The van der Waals surface area contributed by atoms with Crippen molar-refractivity contribution in [3.63, 3.8) is 0 Å². The molecule has 3 nitrogen and oxygen atoms in total. The second-order valence-corrected chi connectivity index (χ2v) is 4.65. The molecule has 1 saturated heterocycles. The second kappa shape index (κ2) is 4.37. The van der Waals surface area contributed by atoms with Crippen LogP contribution in [0.3, 0.4) is 0 Å². The van der Waals surface area contributed by atoms with E-state index in [2.05, 4.69) is 10.3 Å². The zero-order valence-corrected chi connectivity index (χ0v) is 9.82. The summed E-state index contributed by atoms with van der Waals surface area (Å²) in [6.07, 6.45) is 6.45. The van der Waals surface area contributed by atoms with Gasteiger partial charge in [-0.15, -0.1) is 0 Å². The van der Waals surface area contributed by atoms with Crippen LogP contribution in [0.25, 0.3) is 5.57 Å². The molecule has 0 aromatic carbocycles. The number of carbonyl (C=O) groups excluding carboxylic acids is 1. The Morgan fingerprint density at radius 2 is 2.33 bits per heavy atom. The van der Waals surface area contributed by atoms with E-state index in [9.17, 15) is 9.18 Å². The predicted molar refractivity (Wildman–Crippen MR) is 65.8 cm³/mol. The van der Waals surface area contributed by atoms with Crippen LogP contribution in [0.15, 0.2) is 42.1 Å². The number of amides is 1. The van der Waals surface area contributed by atoms with E-state index < -0.39 is 0 Å². The number of allylic oxidation sites excluding steroid dienone is 4. The topological polar surface area (TPSA) is 42.0 Å². The standard InChI is InChI=1S/C14H13FN2O/c15-11-6-9-3-4-13(18)17-14(9)12(7-11)10-2-1-5-16-8-10/h1-2,5,7-9H,3-4,6H2,(H,17,18). The van der Waals surface area contributed by atoms with E-state index in [-0.39, 0.29) is 17.7 Å². The molecule has 18 heavy (non-hydrogen) atoms. The Morgan fingerprint density at radius 1 is 1.44 bits per heavy atom. The quantitative estimate of drug-likeness (QED) is 0.825. The van der Waals surface area contributed by atoms with Gasteiger partial charge in [0.25, 0.3) is 0 Å². The molecule has 92 valence electrons. The van der Waals surface area contributed by atoms with Crippen LogP contribution in [0.1, 0.15) is 24.8 Å². The summed E-state index contributed by atoms with van der Waals surface area (Å²) in [5.41, 5.74) is 2.44. The van der Waals surface area contributed by atoms with Gasteiger partial charge in [0, 0.05) is 48.0 Å². The average Bonchev–Trinajstić information content (AvgIpc) is 2.39. The summed E-state index contributed by atoms with van der Waals surface area (Å²) < 4.78 is 13.7. The van der Waals surface area contributed by atoms with Gasteiger partial charge in [0.05, 0.1) is 0 Å². The fraction of sp³-hybridized carbons (Fsp3) is 0.286. The van der Waals surface area contributed by atoms with Gasteiger partial charge in [-0.3, -0.25) is 9.78 Å². The summed E-state index contributed by atoms with van der Waals surface area (Å²) in [7, 11) is 0. The van der Waals surface area contributed by atoms with E-state index in [1.807, 2.05) is 12.1 Å². The number of fused-ring (bicyclic) bond motifs is 1. The van der Waals surface area contributed by atoms with Crippen molar-refractivity contribution in [2.24, 2.45) is 5.92 Å². The highest BCUT2D eigenvalue weighted by Crippen LogP contribution is 2.38. The van der Waals surface area contributed by atoms with Gasteiger partial charge in [-0.2, -0.15) is 0 Å². The fourth-order valence-electron chi connectivity index (χ4n) is 2.55. The monoisotopic (exact) mass is 244 g/mol. The SMILES string of the molecule is O=C1CCC2CC(F)=CC(c3cccnc3)=C2N1. The summed E-state index contributed by atoms with van der Waals surface area (Å²) >= 11 is 0. The van der Waals surface area contributed by atoms with Crippen molar-refractivity contribution in [3.8, 4) is 0 Å². The molecule has 3 rings (SSSR count). The Hall–Kier alpha value is -1.97. The zero-order chi connectivity index (χ0) is 12.5. The molecule has 1 atom stereocenters.